The number of rotatable bonds is 6. The van der Waals surface area contributed by atoms with Crippen LogP contribution in [0, 0.1) is 12.3 Å². The minimum Gasteiger partial charge on any atom is -0.379 e. The summed E-state index contributed by atoms with van der Waals surface area (Å²) in [6.07, 6.45) is 8.06. The molecule has 1 aromatic heterocycles. The molecule has 2 aliphatic carbocycles. The van der Waals surface area contributed by atoms with Crippen molar-refractivity contribution in [3.63, 3.8) is 0 Å². The van der Waals surface area contributed by atoms with Crippen molar-refractivity contribution in [1.82, 2.24) is 20.6 Å². The monoisotopic (exact) mass is 525 g/mol. The molecule has 4 rings (SSSR count). The van der Waals surface area contributed by atoms with E-state index in [1.807, 2.05) is 25.1 Å². The summed E-state index contributed by atoms with van der Waals surface area (Å²) < 4.78 is 5.59. The Morgan fingerprint density at radius 1 is 1.00 bits per heavy atom. The van der Waals surface area contributed by atoms with Crippen LogP contribution in [0.5, 0.6) is 0 Å². The van der Waals surface area contributed by atoms with Gasteiger partial charge in [0.2, 0.25) is 5.82 Å². The predicted molar refractivity (Wildman–Crippen MR) is 144 cm³/mol. The third-order valence-corrected chi connectivity index (χ3v) is 6.81. The van der Waals surface area contributed by atoms with E-state index in [9.17, 15) is 4.79 Å². The Morgan fingerprint density at radius 3 is 2.34 bits per heavy atom. The molecule has 1 aromatic carbocycles. The minimum absolute atomic E-state index is 0. The molecule has 0 aliphatic heterocycles. The van der Waals surface area contributed by atoms with E-state index in [0.717, 1.165) is 67.8 Å². The molecule has 4 atom stereocenters. The van der Waals surface area contributed by atoms with Gasteiger partial charge < -0.3 is 26.4 Å². The topological polar surface area (TPSA) is 138 Å². The number of carbonyl (C=O) groups is 1. The molecule has 0 unspecified atom stereocenters. The van der Waals surface area contributed by atoms with Crippen LogP contribution in [0.2, 0.25) is 0 Å². The molecular weight excluding hydrogens is 489 g/mol. The first kappa shape index (κ1) is 28.9. The molecule has 0 radical (unpaired) electrons. The number of guanidine groups is 1. The van der Waals surface area contributed by atoms with Gasteiger partial charge in [0, 0.05) is 24.6 Å². The van der Waals surface area contributed by atoms with E-state index in [2.05, 4.69) is 25.9 Å². The van der Waals surface area contributed by atoms with Gasteiger partial charge in [0.05, 0.1) is 17.7 Å². The van der Waals surface area contributed by atoms with E-state index in [1.165, 1.54) is 0 Å². The number of hydrogen-bond acceptors (Lipinski definition) is 6. The van der Waals surface area contributed by atoms with Gasteiger partial charge in [-0.2, -0.15) is 0 Å². The molecule has 2 aromatic rings. The van der Waals surface area contributed by atoms with Crippen LogP contribution < -0.4 is 21.7 Å². The van der Waals surface area contributed by atoms with E-state index in [4.69, 9.17) is 15.9 Å². The average molecular weight is 527 g/mol. The number of amides is 1. The lowest BCUT2D eigenvalue weighted by Gasteiger charge is -2.33. The molecule has 194 valence electrons. The Balaban J connectivity index is 0.00000216. The third kappa shape index (κ3) is 7.08. The third-order valence-electron chi connectivity index (χ3n) is 6.81. The Labute approximate surface area is 219 Å². The number of aryl methyl sites for hydroxylation is 1. The van der Waals surface area contributed by atoms with Crippen molar-refractivity contribution in [3.05, 3.63) is 29.6 Å². The highest BCUT2D eigenvalue weighted by molar-refractivity contribution is 5.97. The van der Waals surface area contributed by atoms with Crippen molar-refractivity contribution in [2.75, 3.05) is 12.4 Å². The SMILES string of the molecule is CO[C@H]1CCCC[C@@H]1NC(=O)c1nc(N[C@H]2CCCC[C@H]2NC(=N)N)c2cc(C)ccc2n1.Cl.Cl. The molecule has 9 nitrogen and oxygen atoms in total. The molecule has 6 N–H and O–H groups in total. The largest absolute Gasteiger partial charge is 0.379 e. The summed E-state index contributed by atoms with van der Waals surface area (Å²) in [7, 11) is 1.70. The van der Waals surface area contributed by atoms with Crippen molar-refractivity contribution in [2.45, 2.75) is 82.5 Å². The first-order valence-electron chi connectivity index (χ1n) is 11.9. The number of nitrogens with zero attached hydrogens (tertiary/aromatic N) is 2. The second-order valence-electron chi connectivity index (χ2n) is 9.25. The lowest BCUT2D eigenvalue weighted by atomic mass is 9.90. The Kier molecular flexibility index (Phi) is 10.8. The van der Waals surface area contributed by atoms with Gasteiger partial charge in [-0.25, -0.2) is 9.97 Å². The standard InChI is InChI=1S/C24H35N7O2.2ClH/c1-14-11-12-16-15(13-14)21(28-17-7-3-4-8-18(17)30-24(25)26)31-22(27-16)23(32)29-19-9-5-6-10-20(19)33-2;;/h11-13,17-20H,3-10H2,1-2H3,(H,29,32)(H4,25,26,30)(H,27,28,31);2*1H/t17-,18+,19-,20-;;/m0../s1. The molecule has 1 heterocycles. The molecule has 0 bridgehead atoms. The number of nitrogens with one attached hydrogen (secondary N) is 4. The van der Waals surface area contributed by atoms with E-state index in [0.29, 0.717) is 5.82 Å². The molecule has 0 saturated heterocycles. The highest BCUT2D eigenvalue weighted by atomic mass is 35.5. The lowest BCUT2D eigenvalue weighted by molar-refractivity contribution is 0.0390. The number of halogens is 2. The zero-order chi connectivity index (χ0) is 23.4. The van der Waals surface area contributed by atoms with Gasteiger partial charge in [-0.05, 0) is 44.7 Å². The number of ether oxygens (including phenoxy) is 1. The molecule has 2 saturated carbocycles. The summed E-state index contributed by atoms with van der Waals surface area (Å²) in [4.78, 5) is 22.4. The number of anilines is 1. The summed E-state index contributed by atoms with van der Waals surface area (Å²) in [5.74, 6) is 0.484. The summed E-state index contributed by atoms with van der Waals surface area (Å²) in [6, 6.07) is 6.01. The molecule has 35 heavy (non-hydrogen) atoms. The fourth-order valence-electron chi connectivity index (χ4n) is 5.08. The second-order valence-corrected chi connectivity index (χ2v) is 9.25. The maximum Gasteiger partial charge on any atom is 0.289 e. The normalized spacial score (nSPS) is 23.9. The minimum atomic E-state index is -0.281. The number of hydrogen-bond donors (Lipinski definition) is 5. The fraction of sp³-hybridized carbons (Fsp3) is 0.583. The summed E-state index contributed by atoms with van der Waals surface area (Å²) in [5.41, 5.74) is 7.44. The van der Waals surface area contributed by atoms with Crippen molar-refractivity contribution >= 4 is 53.4 Å². The van der Waals surface area contributed by atoms with Gasteiger partial charge in [0.1, 0.15) is 5.82 Å². The Bertz CT molecular complexity index is 1020. The molecular formula is C24H37Cl2N7O2. The van der Waals surface area contributed by atoms with Crippen LogP contribution in [-0.2, 0) is 4.74 Å². The van der Waals surface area contributed by atoms with E-state index < -0.39 is 0 Å². The molecule has 11 heteroatoms. The highest BCUT2D eigenvalue weighted by Gasteiger charge is 2.29. The Hall–Kier alpha value is -2.36. The van der Waals surface area contributed by atoms with Crippen molar-refractivity contribution < 1.29 is 9.53 Å². The van der Waals surface area contributed by atoms with Gasteiger partial charge in [-0.15, -0.1) is 24.8 Å². The number of nitrogens with two attached hydrogens (primary N) is 1. The van der Waals surface area contributed by atoms with Crippen LogP contribution in [0.3, 0.4) is 0 Å². The first-order chi connectivity index (χ1) is 15.9. The molecule has 0 spiro atoms. The highest BCUT2D eigenvalue weighted by Crippen LogP contribution is 2.27. The van der Waals surface area contributed by atoms with E-state index in [-0.39, 0.29) is 66.7 Å². The number of benzene rings is 1. The molecule has 1 amide bonds. The Morgan fingerprint density at radius 2 is 1.66 bits per heavy atom. The van der Waals surface area contributed by atoms with Crippen LogP contribution in [0.4, 0.5) is 5.82 Å². The van der Waals surface area contributed by atoms with Crippen molar-refractivity contribution in [2.24, 2.45) is 5.73 Å². The van der Waals surface area contributed by atoms with Gasteiger partial charge in [0.25, 0.3) is 5.91 Å². The second kappa shape index (κ2) is 13.1. The van der Waals surface area contributed by atoms with E-state index >= 15 is 0 Å². The predicted octanol–water partition coefficient (Wildman–Crippen LogP) is 3.68. The fourth-order valence-corrected chi connectivity index (χ4v) is 5.08. The maximum atomic E-state index is 13.2. The molecule has 2 aliphatic rings. The van der Waals surface area contributed by atoms with Gasteiger partial charge in [-0.3, -0.25) is 10.2 Å². The number of methoxy groups -OCH3 is 1. The number of carbonyl (C=O) groups excluding carboxylic acids is 1. The summed E-state index contributed by atoms with van der Waals surface area (Å²) in [6.45, 7) is 2.03. The van der Waals surface area contributed by atoms with Crippen molar-refractivity contribution in [1.29, 1.82) is 5.41 Å². The first-order valence-corrected chi connectivity index (χ1v) is 11.9. The quantitative estimate of drug-likeness (QED) is 0.286. The molecule has 2 fully saturated rings. The van der Waals surface area contributed by atoms with E-state index in [1.54, 1.807) is 7.11 Å². The summed E-state index contributed by atoms with van der Waals surface area (Å²) >= 11 is 0. The van der Waals surface area contributed by atoms with Crippen LogP contribution in [0.1, 0.15) is 67.5 Å². The zero-order valence-corrected chi connectivity index (χ0v) is 21.9. The number of aromatic nitrogens is 2. The van der Waals surface area contributed by atoms with Crippen LogP contribution in [0.15, 0.2) is 18.2 Å². The van der Waals surface area contributed by atoms with Gasteiger partial charge >= 0.3 is 0 Å². The van der Waals surface area contributed by atoms with Crippen LogP contribution >= 0.6 is 24.8 Å². The lowest BCUT2D eigenvalue weighted by Crippen LogP contribution is -2.50. The van der Waals surface area contributed by atoms with Gasteiger partial charge in [0.15, 0.2) is 5.96 Å². The van der Waals surface area contributed by atoms with Gasteiger partial charge in [-0.1, -0.05) is 37.3 Å². The summed E-state index contributed by atoms with van der Waals surface area (Å²) in [5, 5.41) is 18.3. The van der Waals surface area contributed by atoms with Crippen molar-refractivity contribution in [3.8, 4) is 0 Å². The maximum absolute atomic E-state index is 13.2. The average Bonchev–Trinajstić information content (AvgIpc) is 2.80. The smallest absolute Gasteiger partial charge is 0.289 e. The zero-order valence-electron chi connectivity index (χ0n) is 20.3. The number of fused-ring (bicyclic) bond motifs is 1. The van der Waals surface area contributed by atoms with Crippen LogP contribution in [0.25, 0.3) is 10.9 Å². The van der Waals surface area contributed by atoms with Crippen LogP contribution in [-0.4, -0.2) is 53.2 Å².